The number of nitrogens with one attached hydrogen (secondary N) is 1. The number of unbranched alkanes of at least 4 members (excludes halogenated alkanes) is 1. The Morgan fingerprint density at radius 3 is 2.86 bits per heavy atom. The summed E-state index contributed by atoms with van der Waals surface area (Å²) in [6.07, 6.45) is 3.31. The van der Waals surface area contributed by atoms with Crippen LogP contribution < -0.4 is 5.32 Å². The molecule has 0 spiro atoms. The first-order chi connectivity index (χ1) is 10.3. The molecule has 1 N–H and O–H groups in total. The number of guanidine groups is 1. The number of hydrogen-bond acceptors (Lipinski definition) is 2. The molecule has 0 aromatic heterocycles. The van der Waals surface area contributed by atoms with Gasteiger partial charge in [0.1, 0.15) is 0 Å². The number of aliphatic imine (C=N–C) groups is 1. The average molecular weight is 289 g/mol. The Balaban J connectivity index is 1.78. The van der Waals surface area contributed by atoms with E-state index in [1.807, 2.05) is 14.0 Å². The molecule has 21 heavy (non-hydrogen) atoms. The highest BCUT2D eigenvalue weighted by Gasteiger charge is 2.18. The second-order valence-electron chi connectivity index (χ2n) is 5.32. The zero-order chi connectivity index (χ0) is 14.9. The standard InChI is InChI=1S/C17H27N3O/c1-3-21-13-7-6-11-19-17(18-2)20-12-10-15-8-4-5-9-16(15)14-20/h4-5,8-9H,3,6-7,10-14H2,1-2H3,(H,18,19). The van der Waals surface area contributed by atoms with Gasteiger partial charge >= 0.3 is 0 Å². The molecule has 2 rings (SSSR count). The zero-order valence-corrected chi connectivity index (χ0v) is 13.3. The van der Waals surface area contributed by atoms with Crippen LogP contribution in [0.4, 0.5) is 0 Å². The van der Waals surface area contributed by atoms with E-state index in [0.29, 0.717) is 0 Å². The number of rotatable bonds is 6. The van der Waals surface area contributed by atoms with Crippen molar-refractivity contribution >= 4 is 5.96 Å². The van der Waals surface area contributed by atoms with Crippen LogP contribution in [-0.4, -0.2) is 44.2 Å². The summed E-state index contributed by atoms with van der Waals surface area (Å²) in [6.45, 7) is 6.65. The van der Waals surface area contributed by atoms with Gasteiger partial charge in [-0.2, -0.15) is 0 Å². The number of nitrogens with zero attached hydrogens (tertiary/aromatic N) is 2. The van der Waals surface area contributed by atoms with Crippen LogP contribution in [0.2, 0.25) is 0 Å². The van der Waals surface area contributed by atoms with Crippen LogP contribution in [0.1, 0.15) is 30.9 Å². The van der Waals surface area contributed by atoms with Gasteiger partial charge in [-0.1, -0.05) is 24.3 Å². The Bertz CT molecular complexity index is 459. The van der Waals surface area contributed by atoms with Gasteiger partial charge in [0.05, 0.1) is 0 Å². The van der Waals surface area contributed by atoms with Crippen LogP contribution in [0.25, 0.3) is 0 Å². The van der Waals surface area contributed by atoms with Crippen molar-refractivity contribution in [3.05, 3.63) is 35.4 Å². The fourth-order valence-corrected chi connectivity index (χ4v) is 2.68. The molecule has 1 heterocycles. The van der Waals surface area contributed by atoms with Crippen molar-refractivity contribution in [2.75, 3.05) is 33.4 Å². The van der Waals surface area contributed by atoms with E-state index in [0.717, 1.165) is 58.1 Å². The lowest BCUT2D eigenvalue weighted by molar-refractivity contribution is 0.143. The van der Waals surface area contributed by atoms with E-state index in [4.69, 9.17) is 4.74 Å². The SMILES string of the molecule is CCOCCCCNC(=NC)N1CCc2ccccc2C1. The Kier molecular flexibility index (Phi) is 6.54. The second-order valence-corrected chi connectivity index (χ2v) is 5.32. The first-order valence-corrected chi connectivity index (χ1v) is 7.95. The second kappa shape index (κ2) is 8.67. The van der Waals surface area contributed by atoms with Gasteiger partial charge in [0.15, 0.2) is 5.96 Å². The predicted octanol–water partition coefficient (Wildman–Crippen LogP) is 2.44. The van der Waals surface area contributed by atoms with Crippen LogP contribution in [-0.2, 0) is 17.7 Å². The molecule has 0 amide bonds. The minimum Gasteiger partial charge on any atom is -0.382 e. The molecule has 0 radical (unpaired) electrons. The molecule has 4 nitrogen and oxygen atoms in total. The third kappa shape index (κ3) is 4.74. The molecule has 0 unspecified atom stereocenters. The van der Waals surface area contributed by atoms with E-state index < -0.39 is 0 Å². The minimum absolute atomic E-state index is 0.808. The molecule has 0 fully saturated rings. The lowest BCUT2D eigenvalue weighted by atomic mass is 10.0. The van der Waals surface area contributed by atoms with Crippen molar-refractivity contribution in [3.63, 3.8) is 0 Å². The molecule has 0 aliphatic carbocycles. The lowest BCUT2D eigenvalue weighted by Crippen LogP contribution is -2.44. The topological polar surface area (TPSA) is 36.9 Å². The Labute approximate surface area is 128 Å². The molecule has 1 aromatic carbocycles. The molecule has 0 bridgehead atoms. The van der Waals surface area contributed by atoms with Crippen molar-refractivity contribution < 1.29 is 4.74 Å². The maximum atomic E-state index is 5.35. The van der Waals surface area contributed by atoms with E-state index in [1.165, 1.54) is 11.1 Å². The molecular formula is C17H27N3O. The number of ether oxygens (including phenoxy) is 1. The predicted molar refractivity (Wildman–Crippen MR) is 87.6 cm³/mol. The third-order valence-corrected chi connectivity index (χ3v) is 3.84. The Hall–Kier alpha value is -1.55. The minimum atomic E-state index is 0.808. The normalized spacial score (nSPS) is 15.0. The van der Waals surface area contributed by atoms with E-state index in [1.54, 1.807) is 0 Å². The van der Waals surface area contributed by atoms with Crippen molar-refractivity contribution in [3.8, 4) is 0 Å². The van der Waals surface area contributed by atoms with Gasteiger partial charge in [0.25, 0.3) is 0 Å². The molecule has 0 saturated carbocycles. The summed E-state index contributed by atoms with van der Waals surface area (Å²) >= 11 is 0. The maximum Gasteiger partial charge on any atom is 0.193 e. The van der Waals surface area contributed by atoms with Crippen molar-refractivity contribution in [1.29, 1.82) is 0 Å². The van der Waals surface area contributed by atoms with Gasteiger partial charge < -0.3 is 15.0 Å². The molecule has 1 aromatic rings. The monoisotopic (exact) mass is 289 g/mol. The summed E-state index contributed by atoms with van der Waals surface area (Å²) < 4.78 is 5.35. The average Bonchev–Trinajstić information content (AvgIpc) is 2.54. The summed E-state index contributed by atoms with van der Waals surface area (Å²) in [6, 6.07) is 8.69. The fourth-order valence-electron chi connectivity index (χ4n) is 2.68. The summed E-state index contributed by atoms with van der Waals surface area (Å²) in [7, 11) is 1.86. The Morgan fingerprint density at radius 2 is 2.10 bits per heavy atom. The smallest absolute Gasteiger partial charge is 0.193 e. The van der Waals surface area contributed by atoms with E-state index in [9.17, 15) is 0 Å². The van der Waals surface area contributed by atoms with Gasteiger partial charge in [-0.05, 0) is 37.3 Å². The molecule has 4 heteroatoms. The Morgan fingerprint density at radius 1 is 1.29 bits per heavy atom. The van der Waals surface area contributed by atoms with Crippen LogP contribution in [0.3, 0.4) is 0 Å². The largest absolute Gasteiger partial charge is 0.382 e. The van der Waals surface area contributed by atoms with Crippen LogP contribution >= 0.6 is 0 Å². The third-order valence-electron chi connectivity index (χ3n) is 3.84. The lowest BCUT2D eigenvalue weighted by Gasteiger charge is -2.31. The molecule has 1 aliphatic rings. The van der Waals surface area contributed by atoms with Gasteiger partial charge in [-0.25, -0.2) is 0 Å². The summed E-state index contributed by atoms with van der Waals surface area (Å²) in [5, 5.41) is 3.47. The van der Waals surface area contributed by atoms with E-state index in [2.05, 4.69) is 39.5 Å². The van der Waals surface area contributed by atoms with Gasteiger partial charge in [-0.3, -0.25) is 4.99 Å². The van der Waals surface area contributed by atoms with Crippen LogP contribution in [0.5, 0.6) is 0 Å². The molecule has 0 atom stereocenters. The maximum absolute atomic E-state index is 5.35. The fraction of sp³-hybridized carbons (Fsp3) is 0.588. The number of hydrogen-bond donors (Lipinski definition) is 1. The van der Waals surface area contributed by atoms with Gasteiger partial charge in [-0.15, -0.1) is 0 Å². The van der Waals surface area contributed by atoms with E-state index in [-0.39, 0.29) is 0 Å². The summed E-state index contributed by atoms with van der Waals surface area (Å²) in [5.74, 6) is 1.01. The molecular weight excluding hydrogens is 262 g/mol. The first kappa shape index (κ1) is 15.8. The number of fused-ring (bicyclic) bond motifs is 1. The molecule has 116 valence electrons. The number of benzene rings is 1. The van der Waals surface area contributed by atoms with Crippen molar-refractivity contribution in [1.82, 2.24) is 10.2 Å². The summed E-state index contributed by atoms with van der Waals surface area (Å²) in [5.41, 5.74) is 2.89. The van der Waals surface area contributed by atoms with Crippen LogP contribution in [0, 0.1) is 0 Å². The van der Waals surface area contributed by atoms with Crippen molar-refractivity contribution in [2.24, 2.45) is 4.99 Å². The first-order valence-electron chi connectivity index (χ1n) is 7.95. The summed E-state index contributed by atoms with van der Waals surface area (Å²) in [4.78, 5) is 6.76. The highest BCUT2D eigenvalue weighted by molar-refractivity contribution is 5.80. The van der Waals surface area contributed by atoms with Gasteiger partial charge in [0.2, 0.25) is 0 Å². The highest BCUT2D eigenvalue weighted by atomic mass is 16.5. The highest BCUT2D eigenvalue weighted by Crippen LogP contribution is 2.18. The van der Waals surface area contributed by atoms with Crippen LogP contribution in [0.15, 0.2) is 29.3 Å². The molecule has 0 saturated heterocycles. The van der Waals surface area contributed by atoms with E-state index >= 15 is 0 Å². The zero-order valence-electron chi connectivity index (χ0n) is 13.3. The van der Waals surface area contributed by atoms with Gasteiger partial charge in [0, 0.05) is 39.9 Å². The quantitative estimate of drug-likeness (QED) is 0.496. The van der Waals surface area contributed by atoms with Crippen molar-refractivity contribution in [2.45, 2.75) is 32.7 Å². The molecule has 1 aliphatic heterocycles.